The first kappa shape index (κ1) is 10.5. The second-order valence-corrected chi connectivity index (χ2v) is 3.23. The van der Waals surface area contributed by atoms with Gasteiger partial charge in [-0.05, 0) is 24.3 Å². The van der Waals surface area contributed by atoms with E-state index in [2.05, 4.69) is 4.98 Å². The SMILES string of the molecule is O=C(Nc1ccc2[nH]ccc2c1)C(F)(F)F. The fourth-order valence-electron chi connectivity index (χ4n) is 1.33. The zero-order valence-electron chi connectivity index (χ0n) is 7.93. The molecule has 0 spiro atoms. The molecule has 1 aromatic heterocycles. The number of amides is 1. The summed E-state index contributed by atoms with van der Waals surface area (Å²) in [6.45, 7) is 0. The van der Waals surface area contributed by atoms with Crippen LogP contribution in [0.5, 0.6) is 0 Å². The van der Waals surface area contributed by atoms with Crippen LogP contribution in [0, 0.1) is 0 Å². The topological polar surface area (TPSA) is 44.9 Å². The maximum absolute atomic E-state index is 12.0. The summed E-state index contributed by atoms with van der Waals surface area (Å²) in [5.74, 6) is -1.97. The van der Waals surface area contributed by atoms with Gasteiger partial charge in [0.2, 0.25) is 0 Å². The van der Waals surface area contributed by atoms with Crippen LogP contribution in [0.25, 0.3) is 10.9 Å². The molecule has 0 aliphatic rings. The van der Waals surface area contributed by atoms with E-state index in [4.69, 9.17) is 0 Å². The number of H-pyrrole nitrogens is 1. The molecule has 0 saturated carbocycles. The van der Waals surface area contributed by atoms with Crippen LogP contribution >= 0.6 is 0 Å². The molecule has 1 amide bonds. The molecule has 0 unspecified atom stereocenters. The van der Waals surface area contributed by atoms with E-state index in [1.165, 1.54) is 12.1 Å². The number of fused-ring (bicyclic) bond motifs is 1. The second-order valence-electron chi connectivity index (χ2n) is 3.23. The third-order valence-electron chi connectivity index (χ3n) is 2.07. The van der Waals surface area contributed by atoms with Crippen LogP contribution in [0.1, 0.15) is 0 Å². The van der Waals surface area contributed by atoms with E-state index >= 15 is 0 Å². The molecule has 1 heterocycles. The lowest BCUT2D eigenvalue weighted by Gasteiger charge is -2.07. The number of carbonyl (C=O) groups excluding carboxylic acids is 1. The predicted octanol–water partition coefficient (Wildman–Crippen LogP) is 2.67. The monoisotopic (exact) mass is 228 g/mol. The number of hydrogen-bond acceptors (Lipinski definition) is 1. The van der Waals surface area contributed by atoms with Crippen LogP contribution in [0.2, 0.25) is 0 Å². The molecule has 16 heavy (non-hydrogen) atoms. The van der Waals surface area contributed by atoms with Gasteiger partial charge in [-0.2, -0.15) is 13.2 Å². The van der Waals surface area contributed by atoms with E-state index < -0.39 is 12.1 Å². The Morgan fingerprint density at radius 3 is 2.69 bits per heavy atom. The van der Waals surface area contributed by atoms with Crippen molar-refractivity contribution < 1.29 is 18.0 Å². The standard InChI is InChI=1S/C10H7F3N2O/c11-10(12,13)9(16)15-7-1-2-8-6(5-7)3-4-14-8/h1-5,14H,(H,15,16). The Kier molecular flexibility index (Phi) is 2.34. The number of hydrogen-bond donors (Lipinski definition) is 2. The molecule has 2 rings (SSSR count). The summed E-state index contributed by atoms with van der Waals surface area (Å²) >= 11 is 0. The maximum atomic E-state index is 12.0. The number of aromatic nitrogens is 1. The highest BCUT2D eigenvalue weighted by Gasteiger charge is 2.38. The van der Waals surface area contributed by atoms with Crippen molar-refractivity contribution in [3.8, 4) is 0 Å². The molecule has 0 saturated heterocycles. The maximum Gasteiger partial charge on any atom is 0.471 e. The Bertz CT molecular complexity index is 530. The van der Waals surface area contributed by atoms with Crippen LogP contribution in [0.4, 0.5) is 18.9 Å². The number of benzene rings is 1. The van der Waals surface area contributed by atoms with Crippen molar-refractivity contribution in [1.29, 1.82) is 0 Å². The van der Waals surface area contributed by atoms with Gasteiger partial charge in [-0.15, -0.1) is 0 Å². The molecule has 6 heteroatoms. The highest BCUT2D eigenvalue weighted by molar-refractivity contribution is 5.96. The zero-order chi connectivity index (χ0) is 11.8. The Labute approximate surface area is 88.3 Å². The third-order valence-corrected chi connectivity index (χ3v) is 2.07. The quantitative estimate of drug-likeness (QED) is 0.774. The number of halogens is 3. The summed E-state index contributed by atoms with van der Waals surface area (Å²) in [6, 6.07) is 6.18. The van der Waals surface area contributed by atoms with Gasteiger partial charge in [-0.25, -0.2) is 0 Å². The zero-order valence-corrected chi connectivity index (χ0v) is 7.93. The molecule has 0 aliphatic heterocycles. The Morgan fingerprint density at radius 1 is 1.25 bits per heavy atom. The Hall–Kier alpha value is -1.98. The summed E-state index contributed by atoms with van der Waals surface area (Å²) in [6.07, 6.45) is -3.20. The minimum atomic E-state index is -4.87. The van der Waals surface area contributed by atoms with Crippen LogP contribution in [-0.2, 0) is 4.79 Å². The lowest BCUT2D eigenvalue weighted by Crippen LogP contribution is -2.29. The van der Waals surface area contributed by atoms with E-state index in [0.717, 1.165) is 10.9 Å². The van der Waals surface area contributed by atoms with E-state index in [1.807, 2.05) is 0 Å². The largest absolute Gasteiger partial charge is 0.471 e. The fraction of sp³-hybridized carbons (Fsp3) is 0.100. The predicted molar refractivity (Wildman–Crippen MR) is 53.0 cm³/mol. The second kappa shape index (κ2) is 3.55. The first-order valence-electron chi connectivity index (χ1n) is 4.42. The molecular weight excluding hydrogens is 221 g/mol. The van der Waals surface area contributed by atoms with Gasteiger partial charge in [0.25, 0.3) is 0 Å². The first-order chi connectivity index (χ1) is 7.47. The summed E-state index contributed by atoms with van der Waals surface area (Å²) < 4.78 is 35.9. The molecule has 3 nitrogen and oxygen atoms in total. The average Bonchev–Trinajstić information content (AvgIpc) is 2.63. The number of alkyl halides is 3. The van der Waals surface area contributed by atoms with Gasteiger partial charge in [0.15, 0.2) is 0 Å². The van der Waals surface area contributed by atoms with Gasteiger partial charge in [0.05, 0.1) is 0 Å². The lowest BCUT2D eigenvalue weighted by molar-refractivity contribution is -0.167. The van der Waals surface area contributed by atoms with Crippen molar-refractivity contribution in [1.82, 2.24) is 4.98 Å². The van der Waals surface area contributed by atoms with Crippen LogP contribution < -0.4 is 5.32 Å². The van der Waals surface area contributed by atoms with E-state index in [0.29, 0.717) is 0 Å². The van der Waals surface area contributed by atoms with Crippen molar-refractivity contribution in [2.45, 2.75) is 6.18 Å². The van der Waals surface area contributed by atoms with Gasteiger partial charge >= 0.3 is 12.1 Å². The molecule has 2 aromatic rings. The molecule has 0 fully saturated rings. The summed E-state index contributed by atoms with van der Waals surface area (Å²) in [7, 11) is 0. The van der Waals surface area contributed by atoms with E-state index in [-0.39, 0.29) is 5.69 Å². The molecule has 2 N–H and O–H groups in total. The van der Waals surface area contributed by atoms with Crippen molar-refractivity contribution in [2.75, 3.05) is 5.32 Å². The van der Waals surface area contributed by atoms with E-state index in [9.17, 15) is 18.0 Å². The average molecular weight is 228 g/mol. The number of carbonyl (C=O) groups is 1. The highest BCUT2D eigenvalue weighted by atomic mass is 19.4. The normalized spacial score (nSPS) is 11.7. The Morgan fingerprint density at radius 2 is 2.00 bits per heavy atom. The number of anilines is 1. The summed E-state index contributed by atoms with van der Waals surface area (Å²) in [5.41, 5.74) is 0.916. The van der Waals surface area contributed by atoms with Gasteiger partial charge < -0.3 is 10.3 Å². The van der Waals surface area contributed by atoms with E-state index in [1.54, 1.807) is 23.6 Å². The molecular formula is C10H7F3N2O. The van der Waals surface area contributed by atoms with Crippen molar-refractivity contribution in [3.63, 3.8) is 0 Å². The van der Waals surface area contributed by atoms with Crippen molar-refractivity contribution in [3.05, 3.63) is 30.5 Å². The molecule has 0 radical (unpaired) electrons. The summed E-state index contributed by atoms with van der Waals surface area (Å²) in [5, 5.41) is 2.52. The minimum absolute atomic E-state index is 0.120. The summed E-state index contributed by atoms with van der Waals surface area (Å²) in [4.78, 5) is 13.6. The number of nitrogens with one attached hydrogen (secondary N) is 2. The van der Waals surface area contributed by atoms with Gasteiger partial charge in [0, 0.05) is 22.8 Å². The van der Waals surface area contributed by atoms with Crippen molar-refractivity contribution in [2.24, 2.45) is 0 Å². The molecule has 0 aliphatic carbocycles. The minimum Gasteiger partial charge on any atom is -0.361 e. The first-order valence-corrected chi connectivity index (χ1v) is 4.42. The molecule has 84 valence electrons. The Balaban J connectivity index is 2.24. The van der Waals surface area contributed by atoms with Gasteiger partial charge in [-0.3, -0.25) is 4.79 Å². The lowest BCUT2D eigenvalue weighted by atomic mass is 10.2. The highest BCUT2D eigenvalue weighted by Crippen LogP contribution is 2.21. The van der Waals surface area contributed by atoms with Crippen molar-refractivity contribution >= 4 is 22.5 Å². The van der Waals surface area contributed by atoms with Gasteiger partial charge in [0.1, 0.15) is 0 Å². The van der Waals surface area contributed by atoms with Crippen LogP contribution in [0.15, 0.2) is 30.5 Å². The smallest absolute Gasteiger partial charge is 0.361 e. The molecule has 0 bridgehead atoms. The third kappa shape index (κ3) is 2.00. The fourth-order valence-corrected chi connectivity index (χ4v) is 1.33. The molecule has 1 aromatic carbocycles. The number of aromatic amines is 1. The van der Waals surface area contributed by atoms with Gasteiger partial charge in [-0.1, -0.05) is 0 Å². The van der Waals surface area contributed by atoms with Crippen LogP contribution in [-0.4, -0.2) is 17.1 Å². The molecule has 0 atom stereocenters. The number of rotatable bonds is 1. The van der Waals surface area contributed by atoms with Crippen LogP contribution in [0.3, 0.4) is 0 Å².